The minimum atomic E-state index is -1.10. The highest BCUT2D eigenvalue weighted by Crippen LogP contribution is 2.47. The molecule has 0 aromatic carbocycles. The van der Waals surface area contributed by atoms with Gasteiger partial charge in [-0.25, -0.2) is 0 Å². The number of aliphatic carboxylic acids is 1. The van der Waals surface area contributed by atoms with Gasteiger partial charge in [0.1, 0.15) is 5.41 Å². The van der Waals surface area contributed by atoms with Gasteiger partial charge in [0, 0.05) is 19.7 Å². The molecule has 1 aliphatic heterocycles. The van der Waals surface area contributed by atoms with Gasteiger partial charge in [0.2, 0.25) is 5.91 Å². The summed E-state index contributed by atoms with van der Waals surface area (Å²) in [6.45, 7) is 3.97. The van der Waals surface area contributed by atoms with Crippen LogP contribution in [-0.4, -0.2) is 47.7 Å². The van der Waals surface area contributed by atoms with Crippen LogP contribution < -0.4 is 0 Å². The molecule has 0 radical (unpaired) electrons. The number of carboxylic acid groups (broad SMARTS) is 1. The molecular weight excluding hydrogens is 234 g/mol. The maximum Gasteiger partial charge on any atom is 0.319 e. The number of carbonyl (C=O) groups excluding carboxylic acids is 1. The standard InChI is InChI=1S/C13H21NO4/c1-2-8-18-10-4-3-7-14(9-10)11(15)13(5-6-13)12(16)17/h10H,2-9H2,1H3,(H,16,17). The van der Waals surface area contributed by atoms with Crippen molar-refractivity contribution >= 4 is 11.9 Å². The number of nitrogens with zero attached hydrogens (tertiary/aromatic N) is 1. The SMILES string of the molecule is CCCOC1CCCN(C(=O)C2(C(=O)O)CC2)C1. The third kappa shape index (κ3) is 2.51. The van der Waals surface area contributed by atoms with Crippen LogP contribution in [0.25, 0.3) is 0 Å². The first-order valence-corrected chi connectivity index (χ1v) is 6.74. The van der Waals surface area contributed by atoms with E-state index in [9.17, 15) is 9.59 Å². The summed E-state index contributed by atoms with van der Waals surface area (Å²) in [5, 5.41) is 9.13. The van der Waals surface area contributed by atoms with Gasteiger partial charge >= 0.3 is 5.97 Å². The lowest BCUT2D eigenvalue weighted by Gasteiger charge is -2.34. The van der Waals surface area contributed by atoms with E-state index in [0.29, 0.717) is 32.5 Å². The molecule has 1 heterocycles. The van der Waals surface area contributed by atoms with E-state index in [-0.39, 0.29) is 12.0 Å². The van der Waals surface area contributed by atoms with Gasteiger partial charge in [-0.15, -0.1) is 0 Å². The molecule has 0 spiro atoms. The molecule has 0 bridgehead atoms. The Morgan fingerprint density at radius 1 is 1.44 bits per heavy atom. The summed E-state index contributed by atoms with van der Waals surface area (Å²) in [5.74, 6) is -1.18. The summed E-state index contributed by atoms with van der Waals surface area (Å²) in [6, 6.07) is 0. The molecule has 1 aliphatic carbocycles. The topological polar surface area (TPSA) is 66.8 Å². The number of carbonyl (C=O) groups is 2. The van der Waals surface area contributed by atoms with E-state index < -0.39 is 11.4 Å². The largest absolute Gasteiger partial charge is 0.480 e. The first-order chi connectivity index (χ1) is 8.60. The molecule has 0 aromatic rings. The molecule has 2 aliphatic rings. The number of hydrogen-bond donors (Lipinski definition) is 1. The monoisotopic (exact) mass is 255 g/mol. The Morgan fingerprint density at radius 3 is 2.72 bits per heavy atom. The number of piperidine rings is 1. The number of ether oxygens (including phenoxy) is 1. The molecule has 2 fully saturated rings. The van der Waals surface area contributed by atoms with E-state index in [1.807, 2.05) is 0 Å². The maximum absolute atomic E-state index is 12.2. The van der Waals surface area contributed by atoms with E-state index in [4.69, 9.17) is 9.84 Å². The second kappa shape index (κ2) is 5.26. The Morgan fingerprint density at radius 2 is 2.17 bits per heavy atom. The lowest BCUT2D eigenvalue weighted by molar-refractivity contribution is -0.155. The Kier molecular flexibility index (Phi) is 3.90. The van der Waals surface area contributed by atoms with Crippen molar-refractivity contribution in [3.63, 3.8) is 0 Å². The number of rotatable bonds is 5. The lowest BCUT2D eigenvalue weighted by Crippen LogP contribution is -2.48. The average molecular weight is 255 g/mol. The smallest absolute Gasteiger partial charge is 0.319 e. The third-order valence-corrected chi connectivity index (χ3v) is 3.79. The van der Waals surface area contributed by atoms with Crippen molar-refractivity contribution in [2.24, 2.45) is 5.41 Å². The predicted molar refractivity (Wildman–Crippen MR) is 65.1 cm³/mol. The third-order valence-electron chi connectivity index (χ3n) is 3.79. The average Bonchev–Trinajstić information content (AvgIpc) is 3.17. The van der Waals surface area contributed by atoms with Crippen molar-refractivity contribution in [2.45, 2.75) is 45.1 Å². The van der Waals surface area contributed by atoms with Gasteiger partial charge in [0.25, 0.3) is 0 Å². The Balaban J connectivity index is 1.92. The van der Waals surface area contributed by atoms with E-state index in [2.05, 4.69) is 6.92 Å². The summed E-state index contributed by atoms with van der Waals surface area (Å²) in [4.78, 5) is 25.1. The molecule has 1 saturated heterocycles. The minimum Gasteiger partial charge on any atom is -0.480 e. The van der Waals surface area contributed by atoms with Crippen molar-refractivity contribution in [3.05, 3.63) is 0 Å². The fourth-order valence-electron chi connectivity index (χ4n) is 2.49. The van der Waals surface area contributed by atoms with E-state index >= 15 is 0 Å². The molecule has 1 amide bonds. The Labute approximate surface area is 107 Å². The lowest BCUT2D eigenvalue weighted by atomic mass is 10.0. The molecule has 0 aromatic heterocycles. The maximum atomic E-state index is 12.2. The van der Waals surface area contributed by atoms with Gasteiger partial charge in [-0.2, -0.15) is 0 Å². The summed E-state index contributed by atoms with van der Waals surface area (Å²) in [6.07, 6.45) is 3.87. The zero-order valence-electron chi connectivity index (χ0n) is 10.9. The van der Waals surface area contributed by atoms with Crippen molar-refractivity contribution < 1.29 is 19.4 Å². The molecule has 102 valence electrons. The van der Waals surface area contributed by atoms with Crippen LogP contribution in [0.1, 0.15) is 39.0 Å². The molecular formula is C13H21NO4. The van der Waals surface area contributed by atoms with Crippen LogP contribution in [-0.2, 0) is 14.3 Å². The first kappa shape index (κ1) is 13.3. The van der Waals surface area contributed by atoms with Gasteiger partial charge in [-0.3, -0.25) is 9.59 Å². The van der Waals surface area contributed by atoms with Crippen LogP contribution in [0, 0.1) is 5.41 Å². The minimum absolute atomic E-state index is 0.0762. The van der Waals surface area contributed by atoms with Crippen molar-refractivity contribution in [1.29, 1.82) is 0 Å². The predicted octanol–water partition coefficient (Wildman–Crippen LogP) is 1.27. The highest BCUT2D eigenvalue weighted by molar-refractivity contribution is 6.04. The molecule has 18 heavy (non-hydrogen) atoms. The van der Waals surface area contributed by atoms with Crippen LogP contribution in [0.5, 0.6) is 0 Å². The van der Waals surface area contributed by atoms with Crippen molar-refractivity contribution in [3.8, 4) is 0 Å². The molecule has 1 atom stereocenters. The summed E-state index contributed by atoms with van der Waals surface area (Å²) < 4.78 is 5.66. The summed E-state index contributed by atoms with van der Waals surface area (Å²) in [7, 11) is 0. The summed E-state index contributed by atoms with van der Waals surface area (Å²) in [5.41, 5.74) is -1.10. The zero-order valence-corrected chi connectivity index (χ0v) is 10.9. The van der Waals surface area contributed by atoms with E-state index in [0.717, 1.165) is 19.3 Å². The van der Waals surface area contributed by atoms with Crippen LogP contribution in [0.3, 0.4) is 0 Å². The zero-order chi connectivity index (χ0) is 13.2. The van der Waals surface area contributed by atoms with Gasteiger partial charge < -0.3 is 14.7 Å². The second-order valence-corrected chi connectivity index (χ2v) is 5.27. The van der Waals surface area contributed by atoms with E-state index in [1.165, 1.54) is 0 Å². The van der Waals surface area contributed by atoms with Gasteiger partial charge in [0.05, 0.1) is 6.10 Å². The van der Waals surface area contributed by atoms with Gasteiger partial charge in [-0.1, -0.05) is 6.92 Å². The fourth-order valence-corrected chi connectivity index (χ4v) is 2.49. The number of carboxylic acids is 1. The molecule has 1 N–H and O–H groups in total. The quantitative estimate of drug-likeness (QED) is 0.751. The second-order valence-electron chi connectivity index (χ2n) is 5.27. The van der Waals surface area contributed by atoms with Crippen LogP contribution >= 0.6 is 0 Å². The van der Waals surface area contributed by atoms with Crippen LogP contribution in [0.2, 0.25) is 0 Å². The van der Waals surface area contributed by atoms with Crippen molar-refractivity contribution in [1.82, 2.24) is 4.90 Å². The highest BCUT2D eigenvalue weighted by Gasteiger charge is 2.58. The van der Waals surface area contributed by atoms with Gasteiger partial charge in [0.15, 0.2) is 0 Å². The Hall–Kier alpha value is -1.10. The number of likely N-dealkylation sites (tertiary alicyclic amines) is 1. The molecule has 1 unspecified atom stereocenters. The Bertz CT molecular complexity index is 338. The fraction of sp³-hybridized carbons (Fsp3) is 0.846. The normalized spacial score (nSPS) is 25.8. The molecule has 5 nitrogen and oxygen atoms in total. The van der Waals surface area contributed by atoms with Gasteiger partial charge in [-0.05, 0) is 32.1 Å². The van der Waals surface area contributed by atoms with Crippen LogP contribution in [0.15, 0.2) is 0 Å². The molecule has 1 saturated carbocycles. The number of amides is 1. The van der Waals surface area contributed by atoms with Crippen molar-refractivity contribution in [2.75, 3.05) is 19.7 Å². The highest BCUT2D eigenvalue weighted by atomic mass is 16.5. The molecule has 5 heteroatoms. The van der Waals surface area contributed by atoms with Crippen LogP contribution in [0.4, 0.5) is 0 Å². The first-order valence-electron chi connectivity index (χ1n) is 6.74. The number of hydrogen-bond acceptors (Lipinski definition) is 3. The summed E-state index contributed by atoms with van der Waals surface area (Å²) >= 11 is 0. The van der Waals surface area contributed by atoms with E-state index in [1.54, 1.807) is 4.90 Å². The molecule has 2 rings (SSSR count).